The number of nitrogens with two attached hydrogens (primary N) is 1. The van der Waals surface area contributed by atoms with Crippen LogP contribution in [0.5, 0.6) is 0 Å². The van der Waals surface area contributed by atoms with Gasteiger partial charge in [-0.1, -0.05) is 0 Å². The van der Waals surface area contributed by atoms with Crippen LogP contribution < -0.4 is 11.1 Å². The van der Waals surface area contributed by atoms with E-state index in [9.17, 15) is 13.2 Å². The van der Waals surface area contributed by atoms with Crippen LogP contribution in [0.4, 0.5) is 5.69 Å². The van der Waals surface area contributed by atoms with Crippen LogP contribution in [-0.4, -0.2) is 52.5 Å². The second kappa shape index (κ2) is 7.51. The first kappa shape index (κ1) is 17.6. The molecule has 21 heavy (non-hydrogen) atoms. The molecule has 0 spiro atoms. The highest BCUT2D eigenvalue weighted by Crippen LogP contribution is 2.16. The number of amides is 1. The van der Waals surface area contributed by atoms with Gasteiger partial charge in [-0.05, 0) is 30.7 Å². The molecule has 1 rings (SSSR count). The Morgan fingerprint density at radius 1 is 1.33 bits per heavy atom. The molecule has 7 nitrogen and oxygen atoms in total. The van der Waals surface area contributed by atoms with Crippen LogP contribution in [0.3, 0.4) is 0 Å². The summed E-state index contributed by atoms with van der Waals surface area (Å²) in [6.07, 6.45) is 0.412. The van der Waals surface area contributed by atoms with Gasteiger partial charge in [-0.15, -0.1) is 0 Å². The molecule has 0 aliphatic rings. The molecule has 0 aromatic heterocycles. The summed E-state index contributed by atoms with van der Waals surface area (Å²) < 4.78 is 29.8. The van der Waals surface area contributed by atoms with E-state index in [2.05, 4.69) is 5.32 Å². The van der Waals surface area contributed by atoms with Crippen LogP contribution in [0.2, 0.25) is 0 Å². The van der Waals surface area contributed by atoms with Crippen molar-refractivity contribution in [3.63, 3.8) is 0 Å². The molecular weight excluding hydrogens is 294 g/mol. The maximum Gasteiger partial charge on any atom is 0.242 e. The van der Waals surface area contributed by atoms with Gasteiger partial charge in [0.25, 0.3) is 0 Å². The number of ether oxygens (including phenoxy) is 1. The zero-order valence-electron chi connectivity index (χ0n) is 12.4. The lowest BCUT2D eigenvalue weighted by Crippen LogP contribution is -2.36. The van der Waals surface area contributed by atoms with Crippen molar-refractivity contribution < 1.29 is 17.9 Å². The van der Waals surface area contributed by atoms with Crippen LogP contribution in [0.1, 0.15) is 6.42 Å². The second-order valence-corrected chi connectivity index (χ2v) is 6.84. The molecule has 0 aliphatic carbocycles. The standard InChI is InChI=1S/C13H21N3O4S/c1-16(2)21(18,19)11-6-4-10(5-7-11)15-13(17)12(14)8-9-20-3/h4-7,12H,8-9,14H2,1-3H3,(H,15,17). The number of hydrogen-bond acceptors (Lipinski definition) is 5. The van der Waals surface area contributed by atoms with Gasteiger partial charge in [-0.25, -0.2) is 12.7 Å². The number of hydrogen-bond donors (Lipinski definition) is 2. The summed E-state index contributed by atoms with van der Waals surface area (Å²) in [6, 6.07) is 5.25. The third-order valence-electron chi connectivity index (χ3n) is 2.87. The molecule has 1 unspecified atom stereocenters. The largest absolute Gasteiger partial charge is 0.385 e. The van der Waals surface area contributed by atoms with Gasteiger partial charge in [0.05, 0.1) is 10.9 Å². The molecule has 1 atom stereocenters. The first-order valence-electron chi connectivity index (χ1n) is 6.37. The molecule has 1 aromatic carbocycles. The Labute approximate surface area is 125 Å². The van der Waals surface area contributed by atoms with E-state index in [0.29, 0.717) is 18.7 Å². The molecule has 0 radical (unpaired) electrons. The van der Waals surface area contributed by atoms with Gasteiger partial charge >= 0.3 is 0 Å². The number of methoxy groups -OCH3 is 1. The minimum Gasteiger partial charge on any atom is -0.385 e. The highest BCUT2D eigenvalue weighted by atomic mass is 32.2. The summed E-state index contributed by atoms with van der Waals surface area (Å²) >= 11 is 0. The van der Waals surface area contributed by atoms with Gasteiger partial charge in [0.2, 0.25) is 15.9 Å². The van der Waals surface area contributed by atoms with Crippen LogP contribution in [0, 0.1) is 0 Å². The third-order valence-corrected chi connectivity index (χ3v) is 4.70. The second-order valence-electron chi connectivity index (χ2n) is 4.69. The molecule has 0 saturated carbocycles. The zero-order chi connectivity index (χ0) is 16.0. The molecule has 3 N–H and O–H groups in total. The maximum absolute atomic E-state index is 11.9. The first-order chi connectivity index (χ1) is 9.78. The predicted molar refractivity (Wildman–Crippen MR) is 80.4 cm³/mol. The van der Waals surface area contributed by atoms with E-state index in [-0.39, 0.29) is 10.8 Å². The number of anilines is 1. The SMILES string of the molecule is COCCC(N)C(=O)Nc1ccc(S(=O)(=O)N(C)C)cc1. The molecule has 8 heteroatoms. The Balaban J connectivity index is 2.74. The Bertz CT molecular complexity index is 570. The van der Waals surface area contributed by atoms with Gasteiger partial charge in [-0.3, -0.25) is 4.79 Å². The van der Waals surface area contributed by atoms with E-state index in [1.54, 1.807) is 0 Å². The molecule has 0 aliphatic heterocycles. The molecule has 118 valence electrons. The summed E-state index contributed by atoms with van der Waals surface area (Å²) in [5, 5.41) is 2.63. The number of nitrogens with zero attached hydrogens (tertiary/aromatic N) is 1. The monoisotopic (exact) mass is 315 g/mol. The Morgan fingerprint density at radius 3 is 2.38 bits per heavy atom. The molecular formula is C13H21N3O4S. The normalized spacial score (nSPS) is 13.2. The zero-order valence-corrected chi connectivity index (χ0v) is 13.2. The fourth-order valence-electron chi connectivity index (χ4n) is 1.53. The van der Waals surface area contributed by atoms with Crippen molar-refractivity contribution in [2.75, 3.05) is 33.1 Å². The van der Waals surface area contributed by atoms with Crippen molar-refractivity contribution in [3.05, 3.63) is 24.3 Å². The van der Waals surface area contributed by atoms with Crippen molar-refractivity contribution >= 4 is 21.6 Å². The van der Waals surface area contributed by atoms with E-state index in [1.165, 1.54) is 45.5 Å². The molecule has 0 bridgehead atoms. The Kier molecular flexibility index (Phi) is 6.28. The van der Waals surface area contributed by atoms with E-state index in [0.717, 1.165) is 4.31 Å². The molecule has 1 aromatic rings. The summed E-state index contributed by atoms with van der Waals surface area (Å²) in [4.78, 5) is 12.0. The number of carbonyl (C=O) groups excluding carboxylic acids is 1. The highest BCUT2D eigenvalue weighted by molar-refractivity contribution is 7.89. The minimum atomic E-state index is -3.47. The Morgan fingerprint density at radius 2 is 1.90 bits per heavy atom. The van der Waals surface area contributed by atoms with E-state index in [4.69, 9.17) is 10.5 Å². The molecule has 1 amide bonds. The summed E-state index contributed by atoms with van der Waals surface area (Å²) in [5.74, 6) is -0.338. The number of benzene rings is 1. The van der Waals surface area contributed by atoms with Crippen LogP contribution in [0.15, 0.2) is 29.2 Å². The number of sulfonamides is 1. The van der Waals surface area contributed by atoms with Crippen LogP contribution in [-0.2, 0) is 19.6 Å². The van der Waals surface area contributed by atoms with Crippen LogP contribution >= 0.6 is 0 Å². The maximum atomic E-state index is 11.9. The van der Waals surface area contributed by atoms with Crippen molar-refractivity contribution in [1.82, 2.24) is 4.31 Å². The summed E-state index contributed by atoms with van der Waals surface area (Å²) in [6.45, 7) is 0.397. The van der Waals surface area contributed by atoms with Crippen molar-refractivity contribution in [1.29, 1.82) is 0 Å². The quantitative estimate of drug-likeness (QED) is 0.750. The number of rotatable bonds is 7. The molecule has 0 fully saturated rings. The topological polar surface area (TPSA) is 102 Å². The smallest absolute Gasteiger partial charge is 0.242 e. The molecule has 0 saturated heterocycles. The van der Waals surface area contributed by atoms with Gasteiger partial charge in [0.1, 0.15) is 0 Å². The molecule has 0 heterocycles. The van der Waals surface area contributed by atoms with Gasteiger partial charge in [0, 0.05) is 33.5 Å². The minimum absolute atomic E-state index is 0.161. The fraction of sp³-hybridized carbons (Fsp3) is 0.462. The van der Waals surface area contributed by atoms with Crippen molar-refractivity contribution in [2.45, 2.75) is 17.4 Å². The lowest BCUT2D eigenvalue weighted by atomic mass is 10.2. The number of carbonyl (C=O) groups is 1. The summed E-state index contributed by atoms with van der Waals surface area (Å²) in [5.41, 5.74) is 6.19. The average Bonchev–Trinajstić information content (AvgIpc) is 2.45. The lowest BCUT2D eigenvalue weighted by Gasteiger charge is -2.13. The number of nitrogens with one attached hydrogen (secondary N) is 1. The predicted octanol–water partition coefficient (Wildman–Crippen LogP) is 0.239. The third kappa shape index (κ3) is 4.78. The average molecular weight is 315 g/mol. The van der Waals surface area contributed by atoms with E-state index >= 15 is 0 Å². The van der Waals surface area contributed by atoms with Gasteiger partial charge < -0.3 is 15.8 Å². The van der Waals surface area contributed by atoms with E-state index in [1.807, 2.05) is 0 Å². The van der Waals surface area contributed by atoms with Crippen molar-refractivity contribution in [2.24, 2.45) is 5.73 Å². The van der Waals surface area contributed by atoms with Gasteiger partial charge in [-0.2, -0.15) is 0 Å². The Hall–Kier alpha value is -1.48. The highest BCUT2D eigenvalue weighted by Gasteiger charge is 2.17. The van der Waals surface area contributed by atoms with Gasteiger partial charge in [0.15, 0.2) is 0 Å². The summed E-state index contributed by atoms with van der Waals surface area (Å²) in [7, 11) is 0.982. The van der Waals surface area contributed by atoms with Crippen molar-refractivity contribution in [3.8, 4) is 0 Å². The van der Waals surface area contributed by atoms with Crippen LogP contribution in [0.25, 0.3) is 0 Å². The lowest BCUT2D eigenvalue weighted by molar-refractivity contribution is -0.117. The fourth-order valence-corrected chi connectivity index (χ4v) is 2.43. The first-order valence-corrected chi connectivity index (χ1v) is 7.81. The van der Waals surface area contributed by atoms with E-state index < -0.39 is 16.1 Å².